The molecule has 4 nitrogen and oxygen atoms in total. The van der Waals surface area contributed by atoms with Gasteiger partial charge in [0.15, 0.2) is 5.78 Å². The summed E-state index contributed by atoms with van der Waals surface area (Å²) in [7, 11) is 0. The number of carbonyl (C=O) groups excluding carboxylic acids is 2. The third kappa shape index (κ3) is 4.60. The zero-order chi connectivity index (χ0) is 17.6. The molecule has 2 aromatic carbocycles. The van der Waals surface area contributed by atoms with Gasteiger partial charge >= 0.3 is 6.03 Å². The van der Waals surface area contributed by atoms with Crippen LogP contribution in [0.2, 0.25) is 5.02 Å². The van der Waals surface area contributed by atoms with E-state index in [0.29, 0.717) is 30.2 Å². The van der Waals surface area contributed by atoms with Crippen LogP contribution in [0.15, 0.2) is 54.6 Å². The Bertz CT molecular complexity index is 731. The predicted octanol–water partition coefficient (Wildman–Crippen LogP) is 4.14. The first-order chi connectivity index (χ1) is 12.1. The molecule has 1 N–H and O–H groups in total. The Morgan fingerprint density at radius 1 is 1.08 bits per heavy atom. The van der Waals surface area contributed by atoms with Gasteiger partial charge in [-0.15, -0.1) is 0 Å². The Kier molecular flexibility index (Phi) is 5.71. The molecule has 0 aliphatic carbocycles. The standard InChI is InChI=1S/C20H21ClN2O2/c21-18-10-8-16(9-11-18)19(24)17-7-4-12-23(14-17)20(25)22-13-15-5-2-1-3-6-15/h1-3,5-6,8-11,17H,4,7,12-14H2,(H,22,25). The van der Waals surface area contributed by atoms with E-state index in [2.05, 4.69) is 5.32 Å². The van der Waals surface area contributed by atoms with Gasteiger partial charge in [0.2, 0.25) is 0 Å². The molecule has 1 saturated heterocycles. The molecule has 5 heteroatoms. The van der Waals surface area contributed by atoms with Gasteiger partial charge in [-0.25, -0.2) is 4.79 Å². The Morgan fingerprint density at radius 3 is 2.52 bits per heavy atom. The first-order valence-electron chi connectivity index (χ1n) is 8.50. The number of rotatable bonds is 4. The van der Waals surface area contributed by atoms with Gasteiger partial charge in [0.1, 0.15) is 0 Å². The third-order valence-corrected chi connectivity index (χ3v) is 4.75. The lowest BCUT2D eigenvalue weighted by Gasteiger charge is -2.32. The van der Waals surface area contributed by atoms with E-state index in [1.54, 1.807) is 29.2 Å². The van der Waals surface area contributed by atoms with Crippen LogP contribution in [0.1, 0.15) is 28.8 Å². The SMILES string of the molecule is O=C(c1ccc(Cl)cc1)C1CCCN(C(=O)NCc2ccccc2)C1. The van der Waals surface area contributed by atoms with Gasteiger partial charge in [-0.3, -0.25) is 4.79 Å². The van der Waals surface area contributed by atoms with Crippen LogP contribution >= 0.6 is 11.6 Å². The van der Waals surface area contributed by atoms with Gasteiger partial charge in [-0.1, -0.05) is 41.9 Å². The minimum Gasteiger partial charge on any atom is -0.334 e. The Labute approximate surface area is 152 Å². The summed E-state index contributed by atoms with van der Waals surface area (Å²) in [6, 6.07) is 16.6. The van der Waals surface area contributed by atoms with Crippen molar-refractivity contribution in [1.29, 1.82) is 0 Å². The van der Waals surface area contributed by atoms with Crippen molar-refractivity contribution in [2.24, 2.45) is 5.92 Å². The van der Waals surface area contributed by atoms with Crippen molar-refractivity contribution < 1.29 is 9.59 Å². The van der Waals surface area contributed by atoms with Gasteiger partial charge in [-0.2, -0.15) is 0 Å². The summed E-state index contributed by atoms with van der Waals surface area (Å²) in [4.78, 5) is 26.8. The van der Waals surface area contributed by atoms with Crippen LogP contribution in [0.4, 0.5) is 4.79 Å². The van der Waals surface area contributed by atoms with Crippen LogP contribution in [-0.4, -0.2) is 29.8 Å². The van der Waals surface area contributed by atoms with E-state index < -0.39 is 0 Å². The summed E-state index contributed by atoms with van der Waals surface area (Å²) < 4.78 is 0. The molecule has 0 saturated carbocycles. The summed E-state index contributed by atoms with van der Waals surface area (Å²) in [5.74, 6) is -0.0744. The average Bonchev–Trinajstić information content (AvgIpc) is 2.67. The molecule has 25 heavy (non-hydrogen) atoms. The van der Waals surface area contributed by atoms with Crippen molar-refractivity contribution in [1.82, 2.24) is 10.2 Å². The Morgan fingerprint density at radius 2 is 1.80 bits per heavy atom. The third-order valence-electron chi connectivity index (χ3n) is 4.49. The molecule has 3 rings (SSSR count). The summed E-state index contributed by atoms with van der Waals surface area (Å²) in [5, 5.41) is 3.55. The number of piperidine rings is 1. The second-order valence-corrected chi connectivity index (χ2v) is 6.74. The molecule has 0 radical (unpaired) electrons. The fraction of sp³-hybridized carbons (Fsp3) is 0.300. The molecule has 2 aromatic rings. The highest BCUT2D eigenvalue weighted by atomic mass is 35.5. The highest BCUT2D eigenvalue weighted by Crippen LogP contribution is 2.22. The lowest BCUT2D eigenvalue weighted by atomic mass is 9.90. The van der Waals surface area contributed by atoms with E-state index in [9.17, 15) is 9.59 Å². The topological polar surface area (TPSA) is 49.4 Å². The molecule has 0 aromatic heterocycles. The number of likely N-dealkylation sites (tertiary alicyclic amines) is 1. The molecule has 1 atom stereocenters. The number of urea groups is 1. The highest BCUT2D eigenvalue weighted by Gasteiger charge is 2.28. The first-order valence-corrected chi connectivity index (χ1v) is 8.88. The minimum atomic E-state index is -0.155. The Balaban J connectivity index is 1.57. The van der Waals surface area contributed by atoms with E-state index in [1.165, 1.54) is 0 Å². The molecule has 130 valence electrons. The number of halogens is 1. The maximum Gasteiger partial charge on any atom is 0.317 e. The van der Waals surface area contributed by atoms with E-state index in [4.69, 9.17) is 11.6 Å². The van der Waals surface area contributed by atoms with Crippen molar-refractivity contribution in [2.45, 2.75) is 19.4 Å². The lowest BCUT2D eigenvalue weighted by molar-refractivity contribution is 0.0845. The molecule has 0 bridgehead atoms. The van der Waals surface area contributed by atoms with Gasteiger partial charge in [0, 0.05) is 36.1 Å². The number of Topliss-reactive ketones (excluding diaryl/α,β-unsaturated/α-hetero) is 1. The number of nitrogens with one attached hydrogen (secondary N) is 1. The van der Waals surface area contributed by atoms with Crippen molar-refractivity contribution in [2.75, 3.05) is 13.1 Å². The summed E-state index contributed by atoms with van der Waals surface area (Å²) >= 11 is 5.88. The molecular weight excluding hydrogens is 336 g/mol. The number of hydrogen-bond donors (Lipinski definition) is 1. The van der Waals surface area contributed by atoms with E-state index in [1.807, 2.05) is 30.3 Å². The predicted molar refractivity (Wildman–Crippen MR) is 98.8 cm³/mol. The summed E-state index contributed by atoms with van der Waals surface area (Å²) in [6.45, 7) is 1.64. The van der Waals surface area contributed by atoms with Gasteiger partial charge in [0.25, 0.3) is 0 Å². The van der Waals surface area contributed by atoms with Crippen LogP contribution < -0.4 is 5.32 Å². The van der Waals surface area contributed by atoms with Crippen LogP contribution in [0.25, 0.3) is 0 Å². The molecular formula is C20H21ClN2O2. The van der Waals surface area contributed by atoms with Crippen molar-refractivity contribution >= 4 is 23.4 Å². The van der Waals surface area contributed by atoms with Gasteiger partial charge in [-0.05, 0) is 42.7 Å². The van der Waals surface area contributed by atoms with Gasteiger partial charge < -0.3 is 10.2 Å². The number of nitrogens with zero attached hydrogens (tertiary/aromatic N) is 1. The normalized spacial score (nSPS) is 17.2. The molecule has 1 unspecified atom stereocenters. The quantitative estimate of drug-likeness (QED) is 0.837. The molecule has 1 heterocycles. The largest absolute Gasteiger partial charge is 0.334 e. The monoisotopic (exact) mass is 356 g/mol. The minimum absolute atomic E-state index is 0.0808. The maximum absolute atomic E-state index is 12.7. The second kappa shape index (κ2) is 8.17. The number of amides is 2. The zero-order valence-electron chi connectivity index (χ0n) is 14.0. The molecule has 2 amide bonds. The molecule has 1 aliphatic rings. The van der Waals surface area contributed by atoms with Crippen LogP contribution in [0, 0.1) is 5.92 Å². The van der Waals surface area contributed by atoms with Crippen LogP contribution in [-0.2, 0) is 6.54 Å². The van der Waals surface area contributed by atoms with Crippen LogP contribution in [0.3, 0.4) is 0 Å². The second-order valence-electron chi connectivity index (χ2n) is 6.30. The van der Waals surface area contributed by atoms with Crippen LogP contribution in [0.5, 0.6) is 0 Å². The van der Waals surface area contributed by atoms with Crippen molar-refractivity contribution in [3.63, 3.8) is 0 Å². The Hall–Kier alpha value is -2.33. The lowest BCUT2D eigenvalue weighted by Crippen LogP contribution is -2.46. The fourth-order valence-electron chi connectivity index (χ4n) is 3.11. The number of hydrogen-bond acceptors (Lipinski definition) is 2. The van der Waals surface area contributed by atoms with Gasteiger partial charge in [0.05, 0.1) is 0 Å². The number of ketones is 1. The summed E-state index contributed by atoms with van der Waals surface area (Å²) in [5.41, 5.74) is 1.71. The number of carbonyl (C=O) groups is 2. The highest BCUT2D eigenvalue weighted by molar-refractivity contribution is 6.30. The average molecular weight is 357 g/mol. The summed E-state index contributed by atoms with van der Waals surface area (Å²) in [6.07, 6.45) is 1.65. The number of benzene rings is 2. The molecule has 0 spiro atoms. The maximum atomic E-state index is 12.7. The van der Waals surface area contributed by atoms with E-state index in [-0.39, 0.29) is 17.7 Å². The fourth-order valence-corrected chi connectivity index (χ4v) is 3.24. The first kappa shape index (κ1) is 17.5. The van der Waals surface area contributed by atoms with E-state index in [0.717, 1.165) is 18.4 Å². The molecule has 1 fully saturated rings. The molecule has 1 aliphatic heterocycles. The van der Waals surface area contributed by atoms with Crippen molar-refractivity contribution in [3.05, 3.63) is 70.7 Å². The zero-order valence-corrected chi connectivity index (χ0v) is 14.7. The smallest absolute Gasteiger partial charge is 0.317 e. The van der Waals surface area contributed by atoms with Crippen molar-refractivity contribution in [3.8, 4) is 0 Å². The van der Waals surface area contributed by atoms with E-state index >= 15 is 0 Å².